The van der Waals surface area contributed by atoms with Gasteiger partial charge in [0.2, 0.25) is 5.91 Å². The molecule has 0 bridgehead atoms. The van der Waals surface area contributed by atoms with Gasteiger partial charge in [0.05, 0.1) is 0 Å². The van der Waals surface area contributed by atoms with Crippen molar-refractivity contribution in [2.75, 3.05) is 18.5 Å². The van der Waals surface area contributed by atoms with E-state index in [2.05, 4.69) is 25.2 Å². The molecule has 1 aromatic carbocycles. The predicted octanol–water partition coefficient (Wildman–Crippen LogP) is 4.35. The summed E-state index contributed by atoms with van der Waals surface area (Å²) in [6, 6.07) is 8.15. The van der Waals surface area contributed by atoms with E-state index in [-0.39, 0.29) is 5.91 Å². The summed E-state index contributed by atoms with van der Waals surface area (Å²) in [5.41, 5.74) is 2.21. The Kier molecular flexibility index (Phi) is 6.24. The molecule has 1 N–H and O–H groups in total. The summed E-state index contributed by atoms with van der Waals surface area (Å²) in [6.07, 6.45) is 4.85. The number of carbonyl (C=O) groups excluding carboxylic acids is 1. The lowest BCUT2D eigenvalue weighted by atomic mass is 9.94. The fourth-order valence-corrected chi connectivity index (χ4v) is 2.84. The molecular formula is C18H27NO2. The zero-order valence-electron chi connectivity index (χ0n) is 13.2. The van der Waals surface area contributed by atoms with Gasteiger partial charge in [-0.05, 0) is 49.1 Å². The smallest absolute Gasteiger partial charge is 0.224 e. The van der Waals surface area contributed by atoms with E-state index < -0.39 is 0 Å². The Balaban J connectivity index is 1.87. The fraction of sp³-hybridized carbons (Fsp3) is 0.611. The number of rotatable bonds is 6. The third-order valence-corrected chi connectivity index (χ3v) is 4.50. The van der Waals surface area contributed by atoms with Crippen molar-refractivity contribution in [2.45, 2.75) is 51.9 Å². The highest BCUT2D eigenvalue weighted by atomic mass is 16.5. The van der Waals surface area contributed by atoms with Gasteiger partial charge in [-0.2, -0.15) is 0 Å². The van der Waals surface area contributed by atoms with E-state index in [0.717, 1.165) is 44.6 Å². The molecule has 1 aliphatic rings. The number of anilines is 1. The van der Waals surface area contributed by atoms with E-state index >= 15 is 0 Å². The molecule has 1 atom stereocenters. The molecule has 1 aromatic rings. The molecular weight excluding hydrogens is 262 g/mol. The zero-order chi connectivity index (χ0) is 15.1. The molecule has 0 aromatic heterocycles. The average Bonchev–Trinajstić information content (AvgIpc) is 2.54. The molecule has 1 amide bonds. The molecule has 1 unspecified atom stereocenters. The molecule has 1 aliphatic heterocycles. The topological polar surface area (TPSA) is 38.3 Å². The minimum Gasteiger partial charge on any atom is -0.381 e. The molecule has 1 heterocycles. The van der Waals surface area contributed by atoms with Crippen LogP contribution in [0.1, 0.15) is 57.4 Å². The summed E-state index contributed by atoms with van der Waals surface area (Å²) >= 11 is 0. The second-order valence-corrected chi connectivity index (χ2v) is 6.04. The van der Waals surface area contributed by atoms with Gasteiger partial charge in [0.1, 0.15) is 0 Å². The fourth-order valence-electron chi connectivity index (χ4n) is 2.84. The molecule has 21 heavy (non-hydrogen) atoms. The summed E-state index contributed by atoms with van der Waals surface area (Å²) in [4.78, 5) is 12.2. The Bertz CT molecular complexity index is 452. The van der Waals surface area contributed by atoms with Crippen LogP contribution in [0.4, 0.5) is 5.69 Å². The summed E-state index contributed by atoms with van der Waals surface area (Å²) in [6.45, 7) is 6.08. The number of hydrogen-bond acceptors (Lipinski definition) is 2. The van der Waals surface area contributed by atoms with E-state index in [1.54, 1.807) is 0 Å². The molecule has 2 rings (SSSR count). The first-order valence-corrected chi connectivity index (χ1v) is 8.17. The number of hydrogen-bond donors (Lipinski definition) is 1. The van der Waals surface area contributed by atoms with Gasteiger partial charge in [0.25, 0.3) is 0 Å². The van der Waals surface area contributed by atoms with Crippen LogP contribution in [0.15, 0.2) is 24.3 Å². The molecule has 1 saturated heterocycles. The standard InChI is InChI=1S/C18H27NO2/c1-3-14(2)16-6-4-5-7-17(16)19-18(20)9-8-15-10-12-21-13-11-15/h4-7,14-15H,3,8-13H2,1-2H3,(H,19,20). The molecule has 0 saturated carbocycles. The van der Waals surface area contributed by atoms with Crippen LogP contribution in [-0.2, 0) is 9.53 Å². The first-order chi connectivity index (χ1) is 10.2. The Morgan fingerprint density at radius 1 is 1.33 bits per heavy atom. The lowest BCUT2D eigenvalue weighted by Gasteiger charge is -2.21. The van der Waals surface area contributed by atoms with Crippen LogP contribution in [0.5, 0.6) is 0 Å². The van der Waals surface area contributed by atoms with Crippen molar-refractivity contribution in [3.63, 3.8) is 0 Å². The van der Waals surface area contributed by atoms with Crippen molar-refractivity contribution in [3.05, 3.63) is 29.8 Å². The van der Waals surface area contributed by atoms with Crippen molar-refractivity contribution >= 4 is 11.6 Å². The Labute approximate surface area is 128 Å². The van der Waals surface area contributed by atoms with Crippen molar-refractivity contribution in [3.8, 4) is 0 Å². The van der Waals surface area contributed by atoms with E-state index in [1.165, 1.54) is 5.56 Å². The average molecular weight is 289 g/mol. The summed E-state index contributed by atoms with van der Waals surface area (Å²) < 4.78 is 5.36. The van der Waals surface area contributed by atoms with Crippen molar-refractivity contribution in [2.24, 2.45) is 5.92 Å². The number of para-hydroxylation sites is 1. The van der Waals surface area contributed by atoms with E-state index in [0.29, 0.717) is 18.3 Å². The number of nitrogens with one attached hydrogen (secondary N) is 1. The summed E-state index contributed by atoms with van der Waals surface area (Å²) in [7, 11) is 0. The van der Waals surface area contributed by atoms with Gasteiger partial charge in [-0.25, -0.2) is 0 Å². The zero-order valence-corrected chi connectivity index (χ0v) is 13.2. The normalized spacial score (nSPS) is 17.4. The number of ether oxygens (including phenoxy) is 1. The predicted molar refractivity (Wildman–Crippen MR) is 86.6 cm³/mol. The van der Waals surface area contributed by atoms with Gasteiger partial charge < -0.3 is 10.1 Å². The largest absolute Gasteiger partial charge is 0.381 e. The highest BCUT2D eigenvalue weighted by molar-refractivity contribution is 5.91. The van der Waals surface area contributed by atoms with Crippen LogP contribution in [-0.4, -0.2) is 19.1 Å². The highest BCUT2D eigenvalue weighted by Crippen LogP contribution is 2.27. The van der Waals surface area contributed by atoms with Crippen LogP contribution < -0.4 is 5.32 Å². The quantitative estimate of drug-likeness (QED) is 0.845. The molecule has 116 valence electrons. The highest BCUT2D eigenvalue weighted by Gasteiger charge is 2.16. The third-order valence-electron chi connectivity index (χ3n) is 4.50. The second kappa shape index (κ2) is 8.18. The number of benzene rings is 1. The maximum Gasteiger partial charge on any atom is 0.224 e. The maximum absolute atomic E-state index is 12.2. The van der Waals surface area contributed by atoms with Crippen LogP contribution in [0, 0.1) is 5.92 Å². The van der Waals surface area contributed by atoms with Gasteiger partial charge in [-0.15, -0.1) is 0 Å². The minimum atomic E-state index is 0.136. The van der Waals surface area contributed by atoms with E-state index in [4.69, 9.17) is 4.74 Å². The second-order valence-electron chi connectivity index (χ2n) is 6.04. The SMILES string of the molecule is CCC(C)c1ccccc1NC(=O)CCC1CCOCC1. The molecule has 0 spiro atoms. The number of amides is 1. The summed E-state index contributed by atoms with van der Waals surface area (Å²) in [5, 5.41) is 3.10. The van der Waals surface area contributed by atoms with Gasteiger partial charge in [0, 0.05) is 25.3 Å². The van der Waals surface area contributed by atoms with Gasteiger partial charge in [-0.3, -0.25) is 4.79 Å². The van der Waals surface area contributed by atoms with Crippen molar-refractivity contribution in [1.82, 2.24) is 0 Å². The summed E-state index contributed by atoms with van der Waals surface area (Å²) in [5.74, 6) is 1.25. The first-order valence-electron chi connectivity index (χ1n) is 8.17. The lowest BCUT2D eigenvalue weighted by molar-refractivity contribution is -0.116. The Morgan fingerprint density at radius 2 is 2.05 bits per heavy atom. The van der Waals surface area contributed by atoms with Gasteiger partial charge in [0.15, 0.2) is 0 Å². The van der Waals surface area contributed by atoms with Crippen LogP contribution in [0.3, 0.4) is 0 Å². The molecule has 0 radical (unpaired) electrons. The van der Waals surface area contributed by atoms with Crippen LogP contribution in [0.2, 0.25) is 0 Å². The monoisotopic (exact) mass is 289 g/mol. The third kappa shape index (κ3) is 4.85. The molecule has 1 fully saturated rings. The van der Waals surface area contributed by atoms with E-state index in [9.17, 15) is 4.79 Å². The minimum absolute atomic E-state index is 0.136. The Morgan fingerprint density at radius 3 is 2.76 bits per heavy atom. The molecule has 0 aliphatic carbocycles. The molecule has 3 nitrogen and oxygen atoms in total. The lowest BCUT2D eigenvalue weighted by Crippen LogP contribution is -2.19. The molecule has 3 heteroatoms. The Hall–Kier alpha value is -1.35. The van der Waals surface area contributed by atoms with Crippen LogP contribution in [0.25, 0.3) is 0 Å². The van der Waals surface area contributed by atoms with Gasteiger partial charge in [-0.1, -0.05) is 32.0 Å². The number of carbonyl (C=O) groups is 1. The van der Waals surface area contributed by atoms with Crippen LogP contribution >= 0.6 is 0 Å². The first kappa shape index (κ1) is 16.0. The maximum atomic E-state index is 12.2. The van der Waals surface area contributed by atoms with Crippen molar-refractivity contribution in [1.29, 1.82) is 0 Å². The van der Waals surface area contributed by atoms with E-state index in [1.807, 2.05) is 18.2 Å². The van der Waals surface area contributed by atoms with Crippen molar-refractivity contribution < 1.29 is 9.53 Å². The van der Waals surface area contributed by atoms with Gasteiger partial charge >= 0.3 is 0 Å².